The molecule has 26 aromatic rings. The Hall–Kier alpha value is -17.7. The van der Waals surface area contributed by atoms with Crippen LogP contribution in [0.2, 0.25) is 44.8 Å². The fourth-order valence-corrected chi connectivity index (χ4v) is 35.1. The zero-order valence-corrected chi connectivity index (χ0v) is 86.8. The molecule has 0 N–H and O–H groups in total. The number of nitrogens with zero attached hydrogens (tertiary/aromatic N) is 10. The van der Waals surface area contributed by atoms with Crippen molar-refractivity contribution in [2.45, 2.75) is 70.0 Å². The molecule has 708 valence electrons. The van der Waals surface area contributed by atoms with Crippen LogP contribution in [-0.4, -0.2) is 72.4 Å². The van der Waals surface area contributed by atoms with Gasteiger partial charge in [0.15, 0.2) is 17.5 Å². The van der Waals surface area contributed by atoms with Crippen LogP contribution in [0.1, 0.15) is 36.5 Å². The number of fused-ring (bicyclic) bond motifs is 27. The standard InChI is InChI=1S/C48H34N4Si.C45H37N3Si.C42H29N3OSi/c1-53(2)44-27-14-11-24-37(44)45-46(49-47(50-48(45)53)31-16-5-3-6-17-31)32-18-15-21-34(28-32)52-41-26-13-10-23-36(41)39-29-42-38(30-43(39)52)35-22-9-12-25-40(35)51(42)33-19-7-4-8-20-33;1-45(2)36-22-11-8-19-31(36)34-27-39-35(26-37(34)45)32-20-9-12-23-38(32)48(39)30-18-14-17-29(25-30)42-41-33-21-10-13-24-40(33)49(3,4)44(41)47-43(46-42)28-15-6-5-7-16-28;1-47(2)38-23-13-9-19-30(38)39-40(43-41(44-42(39)47)26-14-4-3-5-15-26)29-18-7-11-21-34(29)45-33-20-10-6-16-27(33)31-25-37-32(24-35(31)45)28-17-8-12-22-36(28)46-37/h3-30H,1-2H3;5-27,33,40H,1-4H3;3-25H,1-2H3. The summed E-state index contributed by atoms with van der Waals surface area (Å²) in [4.78, 5) is 32.4. The molecule has 0 radical (unpaired) electrons. The molecule has 8 aromatic heterocycles. The molecule has 0 fully saturated rings. The smallest absolute Gasteiger partial charge is 0.159 e. The van der Waals surface area contributed by atoms with Crippen LogP contribution in [0.25, 0.3) is 233 Å². The van der Waals surface area contributed by atoms with Crippen LogP contribution in [0.15, 0.2) is 453 Å². The van der Waals surface area contributed by atoms with Crippen molar-refractivity contribution < 1.29 is 4.42 Å². The van der Waals surface area contributed by atoms with Gasteiger partial charge >= 0.3 is 0 Å². The van der Waals surface area contributed by atoms with Crippen molar-refractivity contribution in [3.05, 3.63) is 466 Å². The second-order valence-electron chi connectivity index (χ2n) is 42.7. The van der Waals surface area contributed by atoms with Gasteiger partial charge in [0.2, 0.25) is 0 Å². The van der Waals surface area contributed by atoms with Gasteiger partial charge in [0.25, 0.3) is 0 Å². The summed E-state index contributed by atoms with van der Waals surface area (Å²) in [6.45, 7) is 19.4. The molecule has 2 aliphatic carbocycles. The maximum atomic E-state index is 6.35. The third-order valence-corrected chi connectivity index (χ3v) is 43.4. The normalized spacial score (nSPS) is 15.3. The van der Waals surface area contributed by atoms with Gasteiger partial charge in [0.05, 0.1) is 66.9 Å². The molecular formula is C135H100N10OSi3. The van der Waals surface area contributed by atoms with E-state index in [2.05, 4.69) is 502 Å². The third-order valence-electron chi connectivity index (χ3n) is 32.9. The Balaban J connectivity index is 0.000000105. The van der Waals surface area contributed by atoms with E-state index in [4.69, 9.17) is 34.3 Å². The molecule has 0 saturated heterocycles. The number of hydrogen-bond donors (Lipinski definition) is 0. The minimum atomic E-state index is -2.10. The number of furan rings is 1. The van der Waals surface area contributed by atoms with Crippen molar-refractivity contribution in [3.8, 4) is 124 Å². The first kappa shape index (κ1) is 87.9. The zero-order valence-electron chi connectivity index (χ0n) is 83.8. The number of hydrogen-bond acceptors (Lipinski definition) is 7. The summed E-state index contributed by atoms with van der Waals surface area (Å²) in [5, 5.41) is 18.7. The highest BCUT2D eigenvalue weighted by atomic mass is 28.3. The van der Waals surface area contributed by atoms with E-state index in [-0.39, 0.29) is 5.41 Å². The molecule has 2 unspecified atom stereocenters. The first-order chi connectivity index (χ1) is 73.0. The molecular weight excluding hydrogens is 1860 g/mol. The topological polar surface area (TPSA) is 110 Å². The molecule has 0 amide bonds. The Labute approximate surface area is 865 Å². The summed E-state index contributed by atoms with van der Waals surface area (Å²) < 4.78 is 16.1. The highest BCUT2D eigenvalue weighted by Gasteiger charge is 2.51. The molecule has 149 heavy (non-hydrogen) atoms. The lowest BCUT2D eigenvalue weighted by molar-refractivity contribution is 0.661. The lowest BCUT2D eigenvalue weighted by Gasteiger charge is -2.26. The Morgan fingerprint density at radius 1 is 0.255 bits per heavy atom. The second kappa shape index (κ2) is 33.4. The van der Waals surface area contributed by atoms with Gasteiger partial charge in [-0.15, -0.1) is 0 Å². The molecule has 11 nitrogen and oxygen atoms in total. The summed E-state index contributed by atoms with van der Waals surface area (Å²) in [7, 11) is -6.11. The van der Waals surface area contributed by atoms with Crippen LogP contribution in [0, 0.1) is 0 Å². The second-order valence-corrected chi connectivity index (χ2v) is 55.8. The van der Waals surface area contributed by atoms with Gasteiger partial charge in [-0.05, 0) is 158 Å². The van der Waals surface area contributed by atoms with Crippen LogP contribution in [-0.2, 0) is 5.41 Å². The summed E-state index contributed by atoms with van der Waals surface area (Å²) in [5.41, 5.74) is 37.4. The average molecular weight is 1960 g/mol. The maximum Gasteiger partial charge on any atom is 0.159 e. The largest absolute Gasteiger partial charge is 0.456 e. The first-order valence-corrected chi connectivity index (χ1v) is 60.9. The molecule has 0 saturated carbocycles. The van der Waals surface area contributed by atoms with Crippen LogP contribution in [0.3, 0.4) is 0 Å². The molecule has 5 aliphatic rings. The van der Waals surface area contributed by atoms with E-state index >= 15 is 0 Å². The summed E-state index contributed by atoms with van der Waals surface area (Å²) in [5.74, 6) is 2.67. The fourth-order valence-electron chi connectivity index (χ4n) is 25.8. The maximum absolute atomic E-state index is 6.35. The summed E-state index contributed by atoms with van der Waals surface area (Å²) in [6.07, 6.45) is 9.25. The van der Waals surface area contributed by atoms with Gasteiger partial charge in [-0.25, -0.2) is 29.9 Å². The number of benzene rings is 18. The molecule has 18 aromatic carbocycles. The van der Waals surface area contributed by atoms with Crippen molar-refractivity contribution >= 4 is 160 Å². The Morgan fingerprint density at radius 2 is 0.644 bits per heavy atom. The van der Waals surface area contributed by atoms with Crippen molar-refractivity contribution in [1.82, 2.24) is 48.2 Å². The van der Waals surface area contributed by atoms with Crippen molar-refractivity contribution in [1.29, 1.82) is 0 Å². The van der Waals surface area contributed by atoms with Crippen molar-refractivity contribution in [3.63, 3.8) is 0 Å². The highest BCUT2D eigenvalue weighted by molar-refractivity contribution is 7.04. The molecule has 0 spiro atoms. The molecule has 0 bridgehead atoms. The zero-order chi connectivity index (χ0) is 99.6. The molecule has 11 heterocycles. The lowest BCUT2D eigenvalue weighted by Crippen LogP contribution is -2.50. The van der Waals surface area contributed by atoms with Gasteiger partial charge in [0, 0.05) is 148 Å². The third kappa shape index (κ3) is 13.4. The van der Waals surface area contributed by atoms with Gasteiger partial charge in [0.1, 0.15) is 35.4 Å². The molecule has 2 atom stereocenters. The van der Waals surface area contributed by atoms with Crippen molar-refractivity contribution in [2.75, 3.05) is 0 Å². The summed E-state index contributed by atoms with van der Waals surface area (Å²) in [6, 6.07) is 153. The van der Waals surface area contributed by atoms with E-state index in [1.54, 1.807) is 0 Å². The van der Waals surface area contributed by atoms with Gasteiger partial charge in [-0.3, -0.25) is 0 Å². The minimum absolute atomic E-state index is 0.0508. The van der Waals surface area contributed by atoms with E-state index in [0.29, 0.717) is 11.5 Å². The van der Waals surface area contributed by atoms with Gasteiger partial charge in [-0.2, -0.15) is 0 Å². The van der Waals surface area contributed by atoms with E-state index in [1.165, 1.54) is 153 Å². The predicted octanol–water partition coefficient (Wildman–Crippen LogP) is 31.1. The summed E-state index contributed by atoms with van der Waals surface area (Å²) >= 11 is 0. The van der Waals surface area contributed by atoms with Gasteiger partial charge in [-0.1, -0.05) is 393 Å². The fraction of sp³-hybridized carbons (Fsp3) is 0.0815. The van der Waals surface area contributed by atoms with E-state index in [1.807, 2.05) is 18.2 Å². The number of allylic oxidation sites excluding steroid dienone is 4. The van der Waals surface area contributed by atoms with Crippen molar-refractivity contribution in [2.24, 2.45) is 0 Å². The number of aromatic nitrogens is 10. The van der Waals surface area contributed by atoms with Crippen LogP contribution in [0.5, 0.6) is 0 Å². The predicted molar refractivity (Wildman–Crippen MR) is 627 cm³/mol. The van der Waals surface area contributed by atoms with Crippen LogP contribution in [0.4, 0.5) is 0 Å². The van der Waals surface area contributed by atoms with Crippen LogP contribution >= 0.6 is 0 Å². The molecule has 3 aliphatic heterocycles. The Kier molecular flexibility index (Phi) is 19.7. The lowest BCUT2D eigenvalue weighted by atomic mass is 9.82. The van der Waals surface area contributed by atoms with E-state index in [0.717, 1.165) is 124 Å². The van der Waals surface area contributed by atoms with E-state index < -0.39 is 24.2 Å². The molecule has 31 rings (SSSR count). The minimum Gasteiger partial charge on any atom is -0.456 e. The molecule has 14 heteroatoms. The van der Waals surface area contributed by atoms with Crippen LogP contribution < -0.4 is 26.3 Å². The Morgan fingerprint density at radius 3 is 1.21 bits per heavy atom. The quantitative estimate of drug-likeness (QED) is 0.125. The average Bonchev–Trinajstić information content (AvgIpc) is 1.57. The van der Waals surface area contributed by atoms with Gasteiger partial charge < -0.3 is 22.7 Å². The van der Waals surface area contributed by atoms with E-state index in [9.17, 15) is 0 Å². The highest BCUT2D eigenvalue weighted by Crippen LogP contribution is 2.55. The SMILES string of the molecule is CC1(C)c2ccccc2-c2cc3c(cc21)c1ccccc1n3-c1cccc(-c2nc(-c3ccccc3)nc3c2C2C=CC=CC2[Si]3(C)C)c1.C[Si]1(C)c2ccccc2-c2c(-c3cccc(-n4c5ccccc5c5cc6c(cc54)c4ccccc4n6-c4ccccc4)c3)nc(-c3ccccc3)nc21.C[Si]1(C)c2ccccc2-c2c(-c3ccccc3-n3c4ccccc4c4cc5oc6ccccc6c5cc43)nc(-c3ccccc3)nc21. The first-order valence-electron chi connectivity index (χ1n) is 51.8. The number of rotatable bonds is 10. The number of para-hydroxylation sites is 7. The monoisotopic (exact) mass is 1960 g/mol. The Bertz CT molecular complexity index is 10200.